The number of anilines is 2. The number of carbonyl (C=O) groups excluding carboxylic acids is 2. The standard InChI is InChI=1S/C14H19N3O3/c1-10-4-5-11(15)9-12(10)16-13(18)3-2-6-17-7-8-20-14(17)19/h4-5,9H,2-3,6-8,15H2,1H3,(H,16,18). The molecule has 1 aliphatic heterocycles. The number of hydrogen-bond acceptors (Lipinski definition) is 4. The molecule has 6 nitrogen and oxygen atoms in total. The summed E-state index contributed by atoms with van der Waals surface area (Å²) in [5, 5.41) is 2.83. The fraction of sp³-hybridized carbons (Fsp3) is 0.429. The molecule has 1 saturated heterocycles. The second-order valence-corrected chi connectivity index (χ2v) is 4.83. The van der Waals surface area contributed by atoms with Gasteiger partial charge in [-0.25, -0.2) is 4.79 Å². The highest BCUT2D eigenvalue weighted by atomic mass is 16.6. The Labute approximate surface area is 117 Å². The second kappa shape index (κ2) is 6.27. The first-order valence-corrected chi connectivity index (χ1v) is 6.64. The molecule has 0 saturated carbocycles. The number of nitrogens with zero attached hydrogens (tertiary/aromatic N) is 1. The lowest BCUT2D eigenvalue weighted by molar-refractivity contribution is -0.116. The molecule has 2 rings (SSSR count). The predicted molar refractivity (Wildman–Crippen MR) is 76.4 cm³/mol. The van der Waals surface area contributed by atoms with E-state index >= 15 is 0 Å². The van der Waals surface area contributed by atoms with Crippen LogP contribution in [0, 0.1) is 6.92 Å². The molecular formula is C14H19N3O3. The van der Waals surface area contributed by atoms with Crippen molar-refractivity contribution in [2.24, 2.45) is 0 Å². The number of amides is 2. The average molecular weight is 277 g/mol. The maximum Gasteiger partial charge on any atom is 0.409 e. The SMILES string of the molecule is Cc1ccc(N)cc1NC(=O)CCCN1CCOC1=O. The van der Waals surface area contributed by atoms with Crippen molar-refractivity contribution in [2.75, 3.05) is 30.7 Å². The van der Waals surface area contributed by atoms with Crippen LogP contribution in [0.2, 0.25) is 0 Å². The lowest BCUT2D eigenvalue weighted by Gasteiger charge is -2.12. The largest absolute Gasteiger partial charge is 0.448 e. The fourth-order valence-electron chi connectivity index (χ4n) is 2.05. The van der Waals surface area contributed by atoms with Gasteiger partial charge in [-0.1, -0.05) is 6.07 Å². The van der Waals surface area contributed by atoms with Crippen LogP contribution in [0.1, 0.15) is 18.4 Å². The molecule has 1 fully saturated rings. The van der Waals surface area contributed by atoms with E-state index < -0.39 is 0 Å². The minimum absolute atomic E-state index is 0.0775. The van der Waals surface area contributed by atoms with Gasteiger partial charge in [-0.15, -0.1) is 0 Å². The van der Waals surface area contributed by atoms with Gasteiger partial charge in [0.25, 0.3) is 0 Å². The van der Waals surface area contributed by atoms with Crippen LogP contribution in [-0.4, -0.2) is 36.6 Å². The molecule has 20 heavy (non-hydrogen) atoms. The van der Waals surface area contributed by atoms with Crippen LogP contribution in [0.3, 0.4) is 0 Å². The third-order valence-electron chi connectivity index (χ3n) is 3.21. The first kappa shape index (κ1) is 14.2. The summed E-state index contributed by atoms with van der Waals surface area (Å²) in [4.78, 5) is 24.7. The monoisotopic (exact) mass is 277 g/mol. The van der Waals surface area contributed by atoms with Crippen molar-refractivity contribution in [3.05, 3.63) is 23.8 Å². The first-order valence-electron chi connectivity index (χ1n) is 6.64. The molecule has 1 aliphatic rings. The van der Waals surface area contributed by atoms with Crippen LogP contribution in [0.4, 0.5) is 16.2 Å². The zero-order valence-corrected chi connectivity index (χ0v) is 11.5. The number of nitrogens with one attached hydrogen (secondary N) is 1. The molecule has 0 radical (unpaired) electrons. The molecule has 2 amide bonds. The molecule has 6 heteroatoms. The predicted octanol–water partition coefficient (Wildman–Crippen LogP) is 1.75. The van der Waals surface area contributed by atoms with E-state index in [1.54, 1.807) is 17.0 Å². The van der Waals surface area contributed by atoms with Crippen LogP contribution < -0.4 is 11.1 Å². The van der Waals surface area contributed by atoms with Crippen molar-refractivity contribution >= 4 is 23.4 Å². The van der Waals surface area contributed by atoms with Gasteiger partial charge in [-0.3, -0.25) is 4.79 Å². The number of hydrogen-bond donors (Lipinski definition) is 2. The molecule has 0 atom stereocenters. The maximum absolute atomic E-state index is 11.8. The van der Waals surface area contributed by atoms with Gasteiger partial charge in [-0.05, 0) is 31.0 Å². The lowest BCUT2D eigenvalue weighted by atomic mass is 10.1. The smallest absolute Gasteiger partial charge is 0.409 e. The summed E-state index contributed by atoms with van der Waals surface area (Å²) in [6.07, 6.45) is 0.678. The summed E-state index contributed by atoms with van der Waals surface area (Å²) in [7, 11) is 0. The van der Waals surface area contributed by atoms with E-state index in [0.717, 1.165) is 11.3 Å². The van der Waals surface area contributed by atoms with Crippen LogP contribution in [-0.2, 0) is 9.53 Å². The van der Waals surface area contributed by atoms with E-state index in [4.69, 9.17) is 10.5 Å². The zero-order valence-electron chi connectivity index (χ0n) is 11.5. The van der Waals surface area contributed by atoms with Gasteiger partial charge in [0, 0.05) is 24.3 Å². The third kappa shape index (κ3) is 3.63. The molecule has 0 bridgehead atoms. The lowest BCUT2D eigenvalue weighted by Crippen LogP contribution is -2.26. The minimum atomic E-state index is -0.294. The summed E-state index contributed by atoms with van der Waals surface area (Å²) in [6, 6.07) is 5.40. The number of aryl methyl sites for hydroxylation is 1. The third-order valence-corrected chi connectivity index (χ3v) is 3.21. The Morgan fingerprint density at radius 2 is 2.30 bits per heavy atom. The van der Waals surface area contributed by atoms with Crippen molar-refractivity contribution < 1.29 is 14.3 Å². The Bertz CT molecular complexity index is 516. The molecule has 1 heterocycles. The van der Waals surface area contributed by atoms with Gasteiger partial charge in [0.15, 0.2) is 0 Å². The summed E-state index contributed by atoms with van der Waals surface area (Å²) >= 11 is 0. The summed E-state index contributed by atoms with van der Waals surface area (Å²) in [5.74, 6) is -0.0775. The van der Waals surface area contributed by atoms with Crippen molar-refractivity contribution in [1.29, 1.82) is 0 Å². The normalized spacial score (nSPS) is 14.2. The number of rotatable bonds is 5. The number of carbonyl (C=O) groups is 2. The summed E-state index contributed by atoms with van der Waals surface area (Å²) in [5.41, 5.74) is 8.01. The average Bonchev–Trinajstić information content (AvgIpc) is 2.80. The van der Waals surface area contributed by atoms with Crippen LogP contribution in [0.15, 0.2) is 18.2 Å². The van der Waals surface area contributed by atoms with E-state index in [9.17, 15) is 9.59 Å². The number of nitrogens with two attached hydrogens (primary N) is 1. The zero-order chi connectivity index (χ0) is 14.5. The Morgan fingerprint density at radius 3 is 3.00 bits per heavy atom. The number of ether oxygens (including phenoxy) is 1. The molecule has 0 aromatic heterocycles. The first-order chi connectivity index (χ1) is 9.56. The van der Waals surface area contributed by atoms with Crippen molar-refractivity contribution in [2.45, 2.75) is 19.8 Å². The highest BCUT2D eigenvalue weighted by molar-refractivity contribution is 5.92. The number of benzene rings is 1. The van der Waals surface area contributed by atoms with Crippen molar-refractivity contribution in [3.8, 4) is 0 Å². The van der Waals surface area contributed by atoms with Gasteiger partial charge >= 0.3 is 6.09 Å². The highest BCUT2D eigenvalue weighted by Crippen LogP contribution is 2.18. The van der Waals surface area contributed by atoms with Crippen LogP contribution in [0.25, 0.3) is 0 Å². The van der Waals surface area contributed by atoms with E-state index in [-0.39, 0.29) is 12.0 Å². The molecule has 1 aromatic carbocycles. The minimum Gasteiger partial charge on any atom is -0.448 e. The van der Waals surface area contributed by atoms with E-state index in [1.165, 1.54) is 0 Å². The fourth-order valence-corrected chi connectivity index (χ4v) is 2.05. The quantitative estimate of drug-likeness (QED) is 0.803. The molecule has 108 valence electrons. The maximum atomic E-state index is 11.8. The number of cyclic esters (lactones) is 1. The van der Waals surface area contributed by atoms with E-state index in [2.05, 4.69) is 5.32 Å². The van der Waals surface area contributed by atoms with Crippen LogP contribution >= 0.6 is 0 Å². The van der Waals surface area contributed by atoms with Gasteiger partial charge in [0.1, 0.15) is 6.61 Å². The Balaban J connectivity index is 1.77. The highest BCUT2D eigenvalue weighted by Gasteiger charge is 2.21. The molecule has 1 aromatic rings. The Kier molecular flexibility index (Phi) is 4.45. The molecule has 0 unspecified atom stereocenters. The second-order valence-electron chi connectivity index (χ2n) is 4.83. The molecule has 0 spiro atoms. The van der Waals surface area contributed by atoms with Crippen LogP contribution in [0.5, 0.6) is 0 Å². The summed E-state index contributed by atoms with van der Waals surface area (Å²) < 4.78 is 4.82. The molecular weight excluding hydrogens is 258 g/mol. The number of nitrogen functional groups attached to an aromatic ring is 1. The Hall–Kier alpha value is -2.24. The van der Waals surface area contributed by atoms with Crippen molar-refractivity contribution in [3.63, 3.8) is 0 Å². The van der Waals surface area contributed by atoms with Gasteiger partial charge < -0.3 is 20.7 Å². The van der Waals surface area contributed by atoms with Gasteiger partial charge in [-0.2, -0.15) is 0 Å². The van der Waals surface area contributed by atoms with Gasteiger partial charge in [0.05, 0.1) is 6.54 Å². The summed E-state index contributed by atoms with van der Waals surface area (Å²) in [6.45, 7) is 3.50. The topological polar surface area (TPSA) is 84.7 Å². The Morgan fingerprint density at radius 1 is 1.50 bits per heavy atom. The van der Waals surface area contributed by atoms with Crippen molar-refractivity contribution in [1.82, 2.24) is 4.90 Å². The van der Waals surface area contributed by atoms with E-state index in [0.29, 0.717) is 38.2 Å². The van der Waals surface area contributed by atoms with E-state index in [1.807, 2.05) is 13.0 Å². The van der Waals surface area contributed by atoms with Gasteiger partial charge in [0.2, 0.25) is 5.91 Å². The molecule has 0 aliphatic carbocycles. The molecule has 3 N–H and O–H groups in total.